The van der Waals surface area contributed by atoms with Crippen molar-refractivity contribution in [2.45, 2.75) is 58.1 Å². The molecule has 1 N–H and O–H groups in total. The Hall–Kier alpha value is -0.810. The Morgan fingerprint density at radius 2 is 1.86 bits per heavy atom. The lowest BCUT2D eigenvalue weighted by Gasteiger charge is -2.35. The predicted octanol–water partition coefficient (Wildman–Crippen LogP) is 1.94. The van der Waals surface area contributed by atoms with Gasteiger partial charge in [-0.3, -0.25) is 9.89 Å². The topological polar surface area (TPSA) is 40.1 Å². The molecule has 0 radical (unpaired) electrons. The first-order valence-electron chi connectivity index (χ1n) is 9.09. The van der Waals surface area contributed by atoms with Crippen LogP contribution in [0.4, 0.5) is 0 Å². The van der Waals surface area contributed by atoms with Crippen LogP contribution in [-0.2, 0) is 4.74 Å². The van der Waals surface area contributed by atoms with Crippen molar-refractivity contribution < 1.29 is 4.74 Å². The maximum Gasteiger partial charge on any atom is 0.193 e. The molecule has 0 aromatic heterocycles. The fraction of sp³-hybridized carbons (Fsp3) is 0.941. The summed E-state index contributed by atoms with van der Waals surface area (Å²) in [5.41, 5.74) is 0. The van der Waals surface area contributed by atoms with Gasteiger partial charge in [-0.1, -0.05) is 6.92 Å². The van der Waals surface area contributed by atoms with Gasteiger partial charge in [-0.25, -0.2) is 0 Å². The third-order valence-corrected chi connectivity index (χ3v) is 4.98. The maximum atomic E-state index is 5.73. The number of rotatable bonds is 6. The molecule has 0 spiro atoms. The smallest absolute Gasteiger partial charge is 0.193 e. The number of likely N-dealkylation sites (tertiary alicyclic amines) is 2. The van der Waals surface area contributed by atoms with E-state index in [0.29, 0.717) is 12.1 Å². The number of hydrogen-bond donors (Lipinski definition) is 1. The lowest BCUT2D eigenvalue weighted by molar-refractivity contribution is 0.0263. The van der Waals surface area contributed by atoms with Gasteiger partial charge >= 0.3 is 0 Å². The summed E-state index contributed by atoms with van der Waals surface area (Å²) in [5.74, 6) is 1.06. The summed E-state index contributed by atoms with van der Waals surface area (Å²) in [6.45, 7) is 10.8. The molecular weight excluding hydrogens is 276 g/mol. The van der Waals surface area contributed by atoms with Crippen molar-refractivity contribution in [3.63, 3.8) is 0 Å². The van der Waals surface area contributed by atoms with Crippen molar-refractivity contribution in [3.8, 4) is 0 Å². The van der Waals surface area contributed by atoms with Gasteiger partial charge < -0.3 is 15.0 Å². The van der Waals surface area contributed by atoms with Gasteiger partial charge in [0.1, 0.15) is 0 Å². The van der Waals surface area contributed by atoms with Gasteiger partial charge in [0.15, 0.2) is 5.96 Å². The zero-order valence-electron chi connectivity index (χ0n) is 14.7. The van der Waals surface area contributed by atoms with Gasteiger partial charge in [-0.2, -0.15) is 0 Å². The highest BCUT2D eigenvalue weighted by Gasteiger charge is 2.24. The van der Waals surface area contributed by atoms with Crippen LogP contribution in [0.25, 0.3) is 0 Å². The molecule has 5 nitrogen and oxygen atoms in total. The fourth-order valence-electron chi connectivity index (χ4n) is 3.65. The fourth-order valence-corrected chi connectivity index (χ4v) is 3.65. The predicted molar refractivity (Wildman–Crippen MR) is 92.5 cm³/mol. The highest BCUT2D eigenvalue weighted by Crippen LogP contribution is 2.15. The standard InChI is InChI=1S/C17H34N4O/c1-4-15(20-10-6-7-11-20)14-19-17(18-3)21-12-8-16(9-13-21)22-5-2/h15-16H,4-14H2,1-3H3,(H,18,19). The van der Waals surface area contributed by atoms with Gasteiger partial charge in [-0.15, -0.1) is 0 Å². The summed E-state index contributed by atoms with van der Waals surface area (Å²) < 4.78 is 5.73. The van der Waals surface area contributed by atoms with E-state index >= 15 is 0 Å². The molecule has 2 aliphatic rings. The first-order valence-corrected chi connectivity index (χ1v) is 9.09. The van der Waals surface area contributed by atoms with Crippen molar-refractivity contribution in [1.82, 2.24) is 15.1 Å². The molecule has 0 aromatic rings. The Bertz CT molecular complexity index is 334. The summed E-state index contributed by atoms with van der Waals surface area (Å²) in [6, 6.07) is 0.639. The van der Waals surface area contributed by atoms with E-state index in [1.807, 2.05) is 7.05 Å². The van der Waals surface area contributed by atoms with Crippen molar-refractivity contribution in [1.29, 1.82) is 0 Å². The average molecular weight is 310 g/mol. The van der Waals surface area contributed by atoms with E-state index in [-0.39, 0.29) is 0 Å². The maximum absolute atomic E-state index is 5.73. The molecule has 128 valence electrons. The van der Waals surface area contributed by atoms with Crippen LogP contribution in [0.5, 0.6) is 0 Å². The van der Waals surface area contributed by atoms with Crippen LogP contribution < -0.4 is 5.32 Å². The molecule has 2 heterocycles. The molecule has 2 aliphatic heterocycles. The largest absolute Gasteiger partial charge is 0.378 e. The summed E-state index contributed by atoms with van der Waals surface area (Å²) in [7, 11) is 1.90. The van der Waals surface area contributed by atoms with Gasteiger partial charge in [-0.05, 0) is 52.1 Å². The first-order chi connectivity index (χ1) is 10.8. The molecule has 1 atom stereocenters. The Morgan fingerprint density at radius 3 is 2.41 bits per heavy atom. The van der Waals surface area contributed by atoms with Crippen LogP contribution in [0.2, 0.25) is 0 Å². The SMILES string of the molecule is CCOC1CCN(C(=NC)NCC(CC)N2CCCC2)CC1. The van der Waals surface area contributed by atoms with E-state index in [0.717, 1.165) is 45.0 Å². The van der Waals surface area contributed by atoms with Gasteiger partial charge in [0.2, 0.25) is 0 Å². The van der Waals surface area contributed by atoms with E-state index in [4.69, 9.17) is 4.74 Å². The van der Waals surface area contributed by atoms with E-state index in [9.17, 15) is 0 Å². The zero-order valence-corrected chi connectivity index (χ0v) is 14.7. The first kappa shape index (κ1) is 17.5. The minimum atomic E-state index is 0.437. The molecular formula is C17H34N4O. The van der Waals surface area contributed by atoms with Crippen LogP contribution in [0, 0.1) is 0 Å². The molecule has 22 heavy (non-hydrogen) atoms. The number of nitrogens with one attached hydrogen (secondary N) is 1. The molecule has 0 bridgehead atoms. The quantitative estimate of drug-likeness (QED) is 0.601. The molecule has 0 amide bonds. The number of nitrogens with zero attached hydrogens (tertiary/aromatic N) is 3. The number of ether oxygens (including phenoxy) is 1. The monoisotopic (exact) mass is 310 g/mol. The van der Waals surface area contributed by atoms with E-state index in [1.54, 1.807) is 0 Å². The minimum absolute atomic E-state index is 0.437. The molecule has 0 saturated carbocycles. The molecule has 0 aliphatic carbocycles. The van der Waals surface area contributed by atoms with Crippen LogP contribution in [-0.4, -0.2) is 74.3 Å². The van der Waals surface area contributed by atoms with Crippen molar-refractivity contribution >= 4 is 5.96 Å². The van der Waals surface area contributed by atoms with E-state index in [1.165, 1.54) is 32.4 Å². The highest BCUT2D eigenvalue weighted by molar-refractivity contribution is 5.80. The van der Waals surface area contributed by atoms with Gasteiger partial charge in [0, 0.05) is 39.3 Å². The van der Waals surface area contributed by atoms with Crippen LogP contribution in [0.3, 0.4) is 0 Å². The van der Waals surface area contributed by atoms with Crippen LogP contribution in [0.15, 0.2) is 4.99 Å². The summed E-state index contributed by atoms with van der Waals surface area (Å²) in [4.78, 5) is 9.50. The van der Waals surface area contributed by atoms with Crippen molar-refractivity contribution in [2.24, 2.45) is 4.99 Å². The highest BCUT2D eigenvalue weighted by atomic mass is 16.5. The van der Waals surface area contributed by atoms with E-state index in [2.05, 4.69) is 34.0 Å². The summed E-state index contributed by atoms with van der Waals surface area (Å²) >= 11 is 0. The van der Waals surface area contributed by atoms with Crippen LogP contribution >= 0.6 is 0 Å². The van der Waals surface area contributed by atoms with E-state index < -0.39 is 0 Å². The second-order valence-corrected chi connectivity index (χ2v) is 6.38. The molecule has 2 rings (SSSR count). The second kappa shape index (κ2) is 9.36. The third-order valence-electron chi connectivity index (χ3n) is 4.98. The molecule has 2 fully saturated rings. The number of hydrogen-bond acceptors (Lipinski definition) is 3. The Balaban J connectivity index is 1.77. The molecule has 1 unspecified atom stereocenters. The Morgan fingerprint density at radius 1 is 1.18 bits per heavy atom. The van der Waals surface area contributed by atoms with Gasteiger partial charge in [0.25, 0.3) is 0 Å². The Labute approximate surface area is 136 Å². The third kappa shape index (κ3) is 4.85. The zero-order chi connectivity index (χ0) is 15.8. The summed E-state index contributed by atoms with van der Waals surface area (Å²) in [5, 5.41) is 3.61. The van der Waals surface area contributed by atoms with Gasteiger partial charge in [0.05, 0.1) is 6.10 Å². The summed E-state index contributed by atoms with van der Waals surface area (Å²) in [6.07, 6.45) is 6.57. The Kier molecular flexibility index (Phi) is 7.46. The lowest BCUT2D eigenvalue weighted by Crippen LogP contribution is -2.50. The number of guanidine groups is 1. The van der Waals surface area contributed by atoms with Crippen molar-refractivity contribution in [2.75, 3.05) is 46.4 Å². The van der Waals surface area contributed by atoms with Crippen LogP contribution in [0.1, 0.15) is 46.0 Å². The lowest BCUT2D eigenvalue weighted by atomic mass is 10.1. The molecule has 2 saturated heterocycles. The number of aliphatic imine (C=N–C) groups is 1. The number of piperidine rings is 1. The average Bonchev–Trinajstić information content (AvgIpc) is 3.07. The van der Waals surface area contributed by atoms with Crippen molar-refractivity contribution in [3.05, 3.63) is 0 Å². The minimum Gasteiger partial charge on any atom is -0.378 e. The molecule has 0 aromatic carbocycles. The second-order valence-electron chi connectivity index (χ2n) is 6.38. The normalized spacial score (nSPS) is 23.0. The molecule has 5 heteroatoms.